The monoisotopic (exact) mass is 407 g/mol. The van der Waals surface area contributed by atoms with Crippen molar-refractivity contribution >= 4 is 31.9 Å². The molecule has 4 nitrogen and oxygen atoms in total. The second kappa shape index (κ2) is 7.40. The van der Waals surface area contributed by atoms with Crippen molar-refractivity contribution in [2.45, 2.75) is 31.8 Å². The van der Waals surface area contributed by atoms with Crippen molar-refractivity contribution < 1.29 is 4.42 Å². The molecule has 1 aromatic heterocycles. The van der Waals surface area contributed by atoms with Crippen LogP contribution in [0.25, 0.3) is 0 Å². The molecule has 1 saturated heterocycles. The van der Waals surface area contributed by atoms with Crippen LogP contribution in [0.2, 0.25) is 0 Å². The van der Waals surface area contributed by atoms with Crippen molar-refractivity contribution in [3.05, 3.63) is 21.0 Å². The molecular formula is C14H23Br2N3O. The van der Waals surface area contributed by atoms with Crippen molar-refractivity contribution in [3.8, 4) is 0 Å². The Morgan fingerprint density at radius 2 is 2.10 bits per heavy atom. The fraction of sp³-hybridized carbons (Fsp3) is 0.714. The van der Waals surface area contributed by atoms with Crippen molar-refractivity contribution in [3.63, 3.8) is 0 Å². The first kappa shape index (κ1) is 16.5. The third-order valence-corrected chi connectivity index (χ3v) is 6.00. The van der Waals surface area contributed by atoms with E-state index >= 15 is 0 Å². The number of hydrogen-bond acceptors (Lipinski definition) is 4. The van der Waals surface area contributed by atoms with E-state index in [1.807, 2.05) is 6.07 Å². The second-order valence-electron chi connectivity index (χ2n) is 5.35. The highest BCUT2D eigenvalue weighted by molar-refractivity contribution is 9.13. The van der Waals surface area contributed by atoms with E-state index in [0.717, 1.165) is 21.4 Å². The van der Waals surface area contributed by atoms with Crippen LogP contribution < -0.4 is 5.73 Å². The van der Waals surface area contributed by atoms with E-state index in [0.29, 0.717) is 12.6 Å². The van der Waals surface area contributed by atoms with Crippen LogP contribution in [0.15, 0.2) is 19.6 Å². The Hall–Kier alpha value is 0.120. The molecule has 0 radical (unpaired) electrons. The molecule has 0 bridgehead atoms. The number of nitrogens with two attached hydrogens (primary N) is 1. The molecule has 114 valence electrons. The molecule has 1 atom stereocenters. The Morgan fingerprint density at radius 1 is 1.45 bits per heavy atom. The average molecular weight is 409 g/mol. The molecule has 1 unspecified atom stereocenters. The number of rotatable bonds is 5. The highest BCUT2D eigenvalue weighted by Gasteiger charge is 2.28. The maximum Gasteiger partial charge on any atom is 0.183 e. The largest absolute Gasteiger partial charge is 0.451 e. The lowest BCUT2D eigenvalue weighted by atomic mass is 10.0. The molecule has 6 heteroatoms. The van der Waals surface area contributed by atoms with Gasteiger partial charge in [-0.15, -0.1) is 0 Å². The molecule has 1 aliphatic rings. The van der Waals surface area contributed by atoms with Gasteiger partial charge in [0.1, 0.15) is 5.76 Å². The smallest absolute Gasteiger partial charge is 0.183 e. The molecule has 20 heavy (non-hydrogen) atoms. The SMILES string of the molecule is CCN1CCC(N(C)C(CN)c2cc(Br)c(Br)o2)CC1. The van der Waals surface area contributed by atoms with Crippen LogP contribution in [-0.2, 0) is 0 Å². The molecule has 0 aromatic carbocycles. The minimum Gasteiger partial charge on any atom is -0.451 e. The molecule has 1 aromatic rings. The fourth-order valence-corrected chi connectivity index (χ4v) is 3.52. The third kappa shape index (κ3) is 3.65. The van der Waals surface area contributed by atoms with Crippen LogP contribution in [0, 0.1) is 0 Å². The van der Waals surface area contributed by atoms with Crippen LogP contribution in [0.1, 0.15) is 31.6 Å². The van der Waals surface area contributed by atoms with Gasteiger partial charge in [0.05, 0.1) is 10.5 Å². The number of halogens is 2. The Kier molecular flexibility index (Phi) is 6.10. The molecule has 0 aliphatic carbocycles. The minimum absolute atomic E-state index is 0.135. The number of piperidine rings is 1. The van der Waals surface area contributed by atoms with Crippen molar-refractivity contribution in [1.82, 2.24) is 9.80 Å². The van der Waals surface area contributed by atoms with Gasteiger partial charge in [-0.2, -0.15) is 0 Å². The van der Waals surface area contributed by atoms with Crippen LogP contribution in [0.5, 0.6) is 0 Å². The van der Waals surface area contributed by atoms with Gasteiger partial charge < -0.3 is 15.1 Å². The first-order valence-corrected chi connectivity index (χ1v) is 8.74. The molecule has 0 spiro atoms. The predicted octanol–water partition coefficient (Wildman–Crippen LogP) is 3.22. The van der Waals surface area contributed by atoms with Gasteiger partial charge in [-0.05, 0) is 77.4 Å². The molecule has 2 rings (SSSR count). The van der Waals surface area contributed by atoms with Crippen LogP contribution >= 0.6 is 31.9 Å². The lowest BCUT2D eigenvalue weighted by molar-refractivity contribution is 0.0918. The van der Waals surface area contributed by atoms with Gasteiger partial charge >= 0.3 is 0 Å². The summed E-state index contributed by atoms with van der Waals surface area (Å²) in [5, 5.41) is 0. The lowest BCUT2D eigenvalue weighted by Crippen LogP contribution is -2.45. The Labute approximate surface area is 137 Å². The van der Waals surface area contributed by atoms with Gasteiger partial charge in [0.2, 0.25) is 0 Å². The molecular weight excluding hydrogens is 386 g/mol. The van der Waals surface area contributed by atoms with E-state index in [1.54, 1.807) is 0 Å². The number of nitrogens with zero attached hydrogens (tertiary/aromatic N) is 2. The van der Waals surface area contributed by atoms with E-state index in [-0.39, 0.29) is 6.04 Å². The fourth-order valence-electron chi connectivity index (χ4n) is 2.91. The summed E-state index contributed by atoms with van der Waals surface area (Å²) in [5.41, 5.74) is 5.98. The molecule has 1 aliphatic heterocycles. The van der Waals surface area contributed by atoms with E-state index in [9.17, 15) is 0 Å². The first-order valence-electron chi connectivity index (χ1n) is 7.15. The van der Waals surface area contributed by atoms with Gasteiger partial charge in [-0.25, -0.2) is 0 Å². The van der Waals surface area contributed by atoms with Gasteiger partial charge in [-0.1, -0.05) is 6.92 Å². The molecule has 2 heterocycles. The predicted molar refractivity (Wildman–Crippen MR) is 88.8 cm³/mol. The average Bonchev–Trinajstić information content (AvgIpc) is 2.79. The highest BCUT2D eigenvalue weighted by Crippen LogP contribution is 2.33. The van der Waals surface area contributed by atoms with Crippen LogP contribution in [-0.4, -0.2) is 49.1 Å². The molecule has 1 fully saturated rings. The van der Waals surface area contributed by atoms with E-state index < -0.39 is 0 Å². The number of furan rings is 1. The summed E-state index contributed by atoms with van der Waals surface area (Å²) in [6.07, 6.45) is 2.40. The van der Waals surface area contributed by atoms with Crippen molar-refractivity contribution in [2.24, 2.45) is 5.73 Å². The Bertz CT molecular complexity index is 411. The summed E-state index contributed by atoms with van der Waals surface area (Å²) in [7, 11) is 2.16. The van der Waals surface area contributed by atoms with Crippen LogP contribution in [0.4, 0.5) is 0 Å². The molecule has 2 N–H and O–H groups in total. The number of likely N-dealkylation sites (tertiary alicyclic amines) is 1. The zero-order chi connectivity index (χ0) is 14.7. The maximum absolute atomic E-state index is 5.98. The third-order valence-electron chi connectivity index (χ3n) is 4.29. The van der Waals surface area contributed by atoms with Gasteiger partial charge in [0.15, 0.2) is 4.67 Å². The van der Waals surface area contributed by atoms with Crippen molar-refractivity contribution in [2.75, 3.05) is 33.2 Å². The zero-order valence-electron chi connectivity index (χ0n) is 12.1. The molecule has 0 amide bonds. The first-order chi connectivity index (χ1) is 9.56. The van der Waals surface area contributed by atoms with Gasteiger partial charge in [-0.3, -0.25) is 4.90 Å². The topological polar surface area (TPSA) is 45.6 Å². The summed E-state index contributed by atoms with van der Waals surface area (Å²) in [6, 6.07) is 2.73. The lowest BCUT2D eigenvalue weighted by Gasteiger charge is -2.39. The summed E-state index contributed by atoms with van der Waals surface area (Å²) in [4.78, 5) is 4.88. The number of hydrogen-bond donors (Lipinski definition) is 1. The maximum atomic E-state index is 5.98. The summed E-state index contributed by atoms with van der Waals surface area (Å²) in [5.74, 6) is 0.923. The highest BCUT2D eigenvalue weighted by atomic mass is 79.9. The normalized spacial score (nSPS) is 19.7. The van der Waals surface area contributed by atoms with Crippen molar-refractivity contribution in [1.29, 1.82) is 0 Å². The summed E-state index contributed by atoms with van der Waals surface area (Å²) in [6.45, 7) is 6.29. The number of likely N-dealkylation sites (N-methyl/N-ethyl adjacent to an activating group) is 1. The Morgan fingerprint density at radius 3 is 2.55 bits per heavy atom. The zero-order valence-corrected chi connectivity index (χ0v) is 15.3. The van der Waals surface area contributed by atoms with Gasteiger partial charge in [0.25, 0.3) is 0 Å². The van der Waals surface area contributed by atoms with Gasteiger partial charge in [0, 0.05) is 12.6 Å². The van der Waals surface area contributed by atoms with E-state index in [2.05, 4.69) is 55.6 Å². The quantitative estimate of drug-likeness (QED) is 0.812. The van der Waals surface area contributed by atoms with E-state index in [1.165, 1.54) is 25.9 Å². The van der Waals surface area contributed by atoms with Crippen LogP contribution in [0.3, 0.4) is 0 Å². The minimum atomic E-state index is 0.135. The second-order valence-corrected chi connectivity index (χ2v) is 6.93. The standard InChI is InChI=1S/C14H23Br2N3O/c1-3-19-6-4-10(5-7-19)18(2)12(9-17)13-8-11(15)14(16)20-13/h8,10,12H,3-7,9,17H2,1-2H3. The summed E-state index contributed by atoms with van der Waals surface area (Å²) >= 11 is 6.87. The molecule has 0 saturated carbocycles. The Balaban J connectivity index is 2.04. The summed E-state index contributed by atoms with van der Waals surface area (Å²) < 4.78 is 7.44. The van der Waals surface area contributed by atoms with E-state index in [4.69, 9.17) is 10.2 Å².